The number of β-lactam (4-membered cyclic amide) rings is 1. The molecule has 192 valence electrons. The second-order valence-electron chi connectivity index (χ2n) is 9.07. The van der Waals surface area contributed by atoms with E-state index in [2.05, 4.69) is 15.0 Å². The van der Waals surface area contributed by atoms with E-state index in [9.17, 15) is 27.6 Å². The summed E-state index contributed by atoms with van der Waals surface area (Å²) in [5, 5.41) is 2.55. The van der Waals surface area contributed by atoms with E-state index in [1.54, 1.807) is 24.4 Å². The molecule has 2 aliphatic rings. The van der Waals surface area contributed by atoms with Crippen LogP contribution < -0.4 is 10.1 Å². The predicted molar refractivity (Wildman–Crippen MR) is 123 cm³/mol. The number of likely N-dealkylation sites (tertiary alicyclic amines) is 2. The van der Waals surface area contributed by atoms with Crippen LogP contribution >= 0.6 is 0 Å². The van der Waals surface area contributed by atoms with Crippen molar-refractivity contribution in [2.24, 2.45) is 5.92 Å². The topological polar surface area (TPSA) is 91.8 Å². The average Bonchev–Trinajstić information content (AvgIpc) is 2.84. The number of hydrogen-bond acceptors (Lipinski definition) is 5. The lowest BCUT2D eigenvalue weighted by atomic mass is 9.81. The molecule has 3 atom stereocenters. The second kappa shape index (κ2) is 10.2. The number of likely N-dealkylation sites (N-methyl/N-ethyl adjacent to an activating group) is 1. The van der Waals surface area contributed by atoms with Crippen LogP contribution in [0.4, 0.5) is 18.0 Å². The molecule has 4 rings (SSSR count). The molecule has 4 amide bonds. The Morgan fingerprint density at radius 2 is 1.92 bits per heavy atom. The second-order valence-corrected chi connectivity index (χ2v) is 9.07. The standard InChI is InChI=1S/C25H27F3N4O4/c1-15-12-16(9-10-30-15)13-20-21(22(33)29-2)32(23(20)34)24(35)31-11-3-4-18(14-31)17-5-7-19(8-6-17)36-25(26,27)28/h5-10,12,18,20-21H,3-4,11,13-14H2,1-2H3,(H,29,33)/t18?,20-,21+/m1/s1. The highest BCUT2D eigenvalue weighted by Crippen LogP contribution is 2.34. The van der Waals surface area contributed by atoms with Gasteiger partial charge in [-0.2, -0.15) is 0 Å². The fraction of sp³-hybridized carbons (Fsp3) is 0.440. The number of aromatic nitrogens is 1. The molecule has 0 spiro atoms. The molecule has 0 saturated carbocycles. The summed E-state index contributed by atoms with van der Waals surface area (Å²) in [7, 11) is 1.46. The van der Waals surface area contributed by atoms with Crippen molar-refractivity contribution < 1.29 is 32.3 Å². The van der Waals surface area contributed by atoms with Gasteiger partial charge in [-0.15, -0.1) is 13.2 Å². The van der Waals surface area contributed by atoms with Crippen molar-refractivity contribution in [3.05, 3.63) is 59.4 Å². The fourth-order valence-electron chi connectivity index (χ4n) is 4.91. The number of carbonyl (C=O) groups is 3. The van der Waals surface area contributed by atoms with Crippen LogP contribution in [0.3, 0.4) is 0 Å². The van der Waals surface area contributed by atoms with E-state index in [-0.39, 0.29) is 18.2 Å². The summed E-state index contributed by atoms with van der Waals surface area (Å²) >= 11 is 0. The van der Waals surface area contributed by atoms with Crippen molar-refractivity contribution in [3.63, 3.8) is 0 Å². The Morgan fingerprint density at radius 1 is 1.19 bits per heavy atom. The lowest BCUT2D eigenvalue weighted by Gasteiger charge is -2.47. The van der Waals surface area contributed by atoms with Gasteiger partial charge >= 0.3 is 12.4 Å². The van der Waals surface area contributed by atoms with Gasteiger partial charge in [0.15, 0.2) is 0 Å². The van der Waals surface area contributed by atoms with Crippen LogP contribution in [0, 0.1) is 12.8 Å². The van der Waals surface area contributed by atoms with Gasteiger partial charge in [-0.1, -0.05) is 12.1 Å². The summed E-state index contributed by atoms with van der Waals surface area (Å²) in [6, 6.07) is 7.78. The van der Waals surface area contributed by atoms with Gasteiger partial charge < -0.3 is 15.0 Å². The molecule has 1 aromatic carbocycles. The van der Waals surface area contributed by atoms with Crippen LogP contribution in [0.15, 0.2) is 42.6 Å². The van der Waals surface area contributed by atoms with Crippen LogP contribution in [0.25, 0.3) is 0 Å². The fourth-order valence-corrected chi connectivity index (χ4v) is 4.91. The summed E-state index contributed by atoms with van der Waals surface area (Å²) in [6.07, 6.45) is -1.42. The monoisotopic (exact) mass is 504 g/mol. The number of urea groups is 1. The molecule has 11 heteroatoms. The van der Waals surface area contributed by atoms with E-state index in [0.717, 1.165) is 28.1 Å². The first-order valence-electron chi connectivity index (χ1n) is 11.7. The van der Waals surface area contributed by atoms with E-state index in [1.165, 1.54) is 24.1 Å². The molecule has 3 heterocycles. The maximum Gasteiger partial charge on any atom is 0.573 e. The Hall–Kier alpha value is -3.63. The number of nitrogens with zero attached hydrogens (tertiary/aromatic N) is 3. The van der Waals surface area contributed by atoms with Crippen LogP contribution in [0.2, 0.25) is 0 Å². The van der Waals surface area contributed by atoms with E-state index in [0.29, 0.717) is 19.4 Å². The first-order chi connectivity index (χ1) is 17.1. The van der Waals surface area contributed by atoms with E-state index < -0.39 is 36.2 Å². The molecular weight excluding hydrogens is 477 g/mol. The third kappa shape index (κ3) is 5.44. The molecule has 1 unspecified atom stereocenters. The SMILES string of the molecule is CNC(=O)[C@@H]1[C@@H](Cc2ccnc(C)c2)C(=O)N1C(=O)N1CCCC(c2ccc(OC(F)(F)F)cc2)C1. The van der Waals surface area contributed by atoms with Crippen molar-refractivity contribution >= 4 is 17.8 Å². The minimum Gasteiger partial charge on any atom is -0.406 e. The number of benzene rings is 1. The Kier molecular flexibility index (Phi) is 7.18. The zero-order chi connectivity index (χ0) is 26.0. The van der Waals surface area contributed by atoms with Gasteiger partial charge in [-0.05, 0) is 61.6 Å². The number of rotatable bonds is 5. The molecule has 1 aromatic heterocycles. The summed E-state index contributed by atoms with van der Waals surface area (Å²) < 4.78 is 41.2. The van der Waals surface area contributed by atoms with Crippen LogP contribution in [-0.2, 0) is 16.0 Å². The van der Waals surface area contributed by atoms with Crippen molar-refractivity contribution in [1.82, 2.24) is 20.1 Å². The predicted octanol–water partition coefficient (Wildman–Crippen LogP) is 3.40. The van der Waals surface area contributed by atoms with E-state index in [1.807, 2.05) is 13.0 Å². The average molecular weight is 505 g/mol. The highest BCUT2D eigenvalue weighted by atomic mass is 19.4. The summed E-state index contributed by atoms with van der Waals surface area (Å²) in [6.45, 7) is 2.54. The number of carbonyl (C=O) groups excluding carboxylic acids is 3. The highest BCUT2D eigenvalue weighted by molar-refractivity contribution is 6.09. The third-order valence-corrected chi connectivity index (χ3v) is 6.63. The first-order valence-corrected chi connectivity index (χ1v) is 11.7. The molecular formula is C25H27F3N4O4. The number of halogens is 3. The first kappa shape index (κ1) is 25.5. The van der Waals surface area contributed by atoms with E-state index >= 15 is 0 Å². The van der Waals surface area contributed by atoms with Crippen molar-refractivity contribution in [2.45, 2.75) is 44.5 Å². The normalized spacial score (nSPS) is 22.1. The van der Waals surface area contributed by atoms with Gasteiger partial charge in [0.25, 0.3) is 0 Å². The Morgan fingerprint density at radius 3 is 2.56 bits per heavy atom. The molecule has 2 aliphatic heterocycles. The van der Waals surface area contributed by atoms with E-state index in [4.69, 9.17) is 0 Å². The third-order valence-electron chi connectivity index (χ3n) is 6.63. The maximum atomic E-state index is 13.4. The van der Waals surface area contributed by atoms with Gasteiger partial charge in [0.2, 0.25) is 11.8 Å². The van der Waals surface area contributed by atoms with Gasteiger partial charge in [-0.25, -0.2) is 4.79 Å². The number of hydrogen-bond donors (Lipinski definition) is 1. The van der Waals surface area contributed by atoms with Crippen molar-refractivity contribution in [2.75, 3.05) is 20.1 Å². The lowest BCUT2D eigenvalue weighted by Crippen LogP contribution is -2.70. The summed E-state index contributed by atoms with van der Waals surface area (Å²) in [4.78, 5) is 45.8. The van der Waals surface area contributed by atoms with Crippen LogP contribution in [-0.4, -0.2) is 65.2 Å². The Labute approximate surface area is 206 Å². The molecule has 8 nitrogen and oxygen atoms in total. The highest BCUT2D eigenvalue weighted by Gasteiger charge is 2.55. The molecule has 2 fully saturated rings. The van der Waals surface area contributed by atoms with Crippen LogP contribution in [0.5, 0.6) is 5.75 Å². The largest absolute Gasteiger partial charge is 0.573 e. The van der Waals surface area contributed by atoms with Crippen molar-refractivity contribution in [1.29, 1.82) is 0 Å². The minimum atomic E-state index is -4.77. The summed E-state index contributed by atoms with van der Waals surface area (Å²) in [5.41, 5.74) is 2.42. The molecule has 0 bridgehead atoms. The lowest BCUT2D eigenvalue weighted by molar-refractivity contribution is -0.274. The van der Waals surface area contributed by atoms with Crippen LogP contribution in [0.1, 0.15) is 35.6 Å². The molecule has 2 aromatic rings. The van der Waals surface area contributed by atoms with Gasteiger partial charge in [0.05, 0.1) is 5.92 Å². The van der Waals surface area contributed by atoms with Gasteiger partial charge in [0.1, 0.15) is 11.8 Å². The zero-order valence-electron chi connectivity index (χ0n) is 19.9. The van der Waals surface area contributed by atoms with Gasteiger partial charge in [0, 0.05) is 37.9 Å². The Bertz CT molecular complexity index is 1140. The molecule has 0 radical (unpaired) electrons. The number of aryl methyl sites for hydroxylation is 1. The molecule has 0 aliphatic carbocycles. The van der Waals surface area contributed by atoms with Crippen molar-refractivity contribution in [3.8, 4) is 5.75 Å². The minimum absolute atomic E-state index is 0.118. The smallest absolute Gasteiger partial charge is 0.406 e. The molecule has 1 N–H and O–H groups in total. The zero-order valence-corrected chi connectivity index (χ0v) is 19.9. The number of amides is 4. The Balaban J connectivity index is 1.45. The molecule has 2 saturated heterocycles. The number of nitrogens with one attached hydrogen (secondary N) is 1. The number of ether oxygens (including phenoxy) is 1. The van der Waals surface area contributed by atoms with Gasteiger partial charge in [-0.3, -0.25) is 19.5 Å². The number of piperidine rings is 1. The molecule has 36 heavy (non-hydrogen) atoms. The summed E-state index contributed by atoms with van der Waals surface area (Å²) in [5.74, 6) is -1.90. The number of pyridine rings is 1. The maximum absolute atomic E-state index is 13.4. The number of alkyl halides is 3. The number of imide groups is 1. The quantitative estimate of drug-likeness (QED) is 0.631.